The zero-order chi connectivity index (χ0) is 18.5. The Morgan fingerprint density at radius 3 is 2.15 bits per heavy atom. The van der Waals surface area contributed by atoms with E-state index >= 15 is 0 Å². The van der Waals surface area contributed by atoms with Crippen molar-refractivity contribution in [1.82, 2.24) is 4.90 Å². The van der Waals surface area contributed by atoms with E-state index in [0.717, 1.165) is 32.4 Å². The molecule has 1 saturated carbocycles. The molecule has 3 nitrogen and oxygen atoms in total. The van der Waals surface area contributed by atoms with Crippen LogP contribution in [0.4, 0.5) is 0 Å². The maximum atomic E-state index is 12.5. The van der Waals surface area contributed by atoms with Gasteiger partial charge < -0.3 is 4.74 Å². The molecule has 1 saturated heterocycles. The van der Waals surface area contributed by atoms with E-state index in [4.69, 9.17) is 4.74 Å². The summed E-state index contributed by atoms with van der Waals surface area (Å²) in [5.74, 6) is 0.489. The maximum absolute atomic E-state index is 12.5. The Morgan fingerprint density at radius 1 is 0.815 bits per heavy atom. The molecule has 1 aliphatic carbocycles. The molecule has 3 heteroatoms. The first-order valence-electron chi connectivity index (χ1n) is 10.4. The van der Waals surface area contributed by atoms with Crippen molar-refractivity contribution in [1.29, 1.82) is 0 Å². The first-order valence-corrected chi connectivity index (χ1v) is 10.4. The Morgan fingerprint density at radius 2 is 1.44 bits per heavy atom. The molecule has 4 rings (SSSR count). The number of ether oxygens (including phenoxy) is 1. The number of hydrogen-bond donors (Lipinski definition) is 0. The molecule has 0 unspecified atom stereocenters. The number of nitrogens with zero attached hydrogens (tertiary/aromatic N) is 1. The van der Waals surface area contributed by atoms with Gasteiger partial charge in [-0.2, -0.15) is 0 Å². The van der Waals surface area contributed by atoms with Crippen LogP contribution in [0, 0.1) is 0 Å². The van der Waals surface area contributed by atoms with Crippen LogP contribution in [0.15, 0.2) is 60.7 Å². The van der Waals surface area contributed by atoms with Gasteiger partial charge in [0, 0.05) is 6.04 Å². The summed E-state index contributed by atoms with van der Waals surface area (Å²) in [6.07, 6.45) is 6.94. The number of carbonyl (C=O) groups is 1. The predicted octanol–water partition coefficient (Wildman–Crippen LogP) is 5.03. The van der Waals surface area contributed by atoms with Crippen LogP contribution in [0.3, 0.4) is 0 Å². The highest BCUT2D eigenvalue weighted by molar-refractivity contribution is 5.89. The van der Waals surface area contributed by atoms with Crippen LogP contribution in [-0.2, 0) is 4.74 Å². The van der Waals surface area contributed by atoms with Gasteiger partial charge in [-0.05, 0) is 68.8 Å². The number of benzene rings is 2. The minimum absolute atomic E-state index is 0.0275. The number of likely N-dealkylation sites (tertiary alicyclic amines) is 1. The molecule has 1 aliphatic heterocycles. The van der Waals surface area contributed by atoms with Crippen molar-refractivity contribution in [3.8, 4) is 0 Å². The van der Waals surface area contributed by atoms with E-state index in [1.54, 1.807) is 0 Å². The van der Waals surface area contributed by atoms with E-state index in [9.17, 15) is 4.79 Å². The Bertz CT molecular complexity index is 723. The zero-order valence-corrected chi connectivity index (χ0v) is 15.9. The largest absolute Gasteiger partial charge is 0.457 e. The van der Waals surface area contributed by atoms with Gasteiger partial charge in [0.25, 0.3) is 0 Å². The minimum atomic E-state index is -0.174. The summed E-state index contributed by atoms with van der Waals surface area (Å²) >= 11 is 0. The molecule has 0 aromatic heterocycles. The topological polar surface area (TPSA) is 29.5 Å². The lowest BCUT2D eigenvalue weighted by Crippen LogP contribution is -2.50. The summed E-state index contributed by atoms with van der Waals surface area (Å²) in [6, 6.07) is 20.6. The van der Waals surface area contributed by atoms with E-state index < -0.39 is 0 Å². The number of hydrogen-bond acceptors (Lipinski definition) is 3. The van der Waals surface area contributed by atoms with Crippen molar-refractivity contribution < 1.29 is 9.53 Å². The van der Waals surface area contributed by atoms with Crippen molar-refractivity contribution in [2.24, 2.45) is 0 Å². The SMILES string of the molecule is O=C(O[C@H]1CCCC[C@@H]1N1CCC(c2ccccc2)CC1)c1ccccc1. The maximum Gasteiger partial charge on any atom is 0.338 e. The highest BCUT2D eigenvalue weighted by Gasteiger charge is 2.35. The third-order valence-corrected chi connectivity index (χ3v) is 6.21. The molecule has 27 heavy (non-hydrogen) atoms. The molecule has 0 amide bonds. The molecule has 0 bridgehead atoms. The van der Waals surface area contributed by atoms with Crippen LogP contribution in [0.2, 0.25) is 0 Å². The van der Waals surface area contributed by atoms with E-state index in [0.29, 0.717) is 17.5 Å². The minimum Gasteiger partial charge on any atom is -0.457 e. The molecule has 0 N–H and O–H groups in total. The fourth-order valence-electron chi connectivity index (χ4n) is 4.70. The monoisotopic (exact) mass is 363 g/mol. The second kappa shape index (κ2) is 8.71. The highest BCUT2D eigenvalue weighted by atomic mass is 16.5. The molecule has 142 valence electrons. The molecule has 2 atom stereocenters. The Kier molecular flexibility index (Phi) is 5.88. The second-order valence-electron chi connectivity index (χ2n) is 7.88. The average molecular weight is 364 g/mol. The van der Waals surface area contributed by atoms with Gasteiger partial charge >= 0.3 is 5.97 Å². The lowest BCUT2D eigenvalue weighted by Gasteiger charge is -2.42. The van der Waals surface area contributed by atoms with E-state index in [1.165, 1.54) is 24.8 Å². The summed E-state index contributed by atoms with van der Waals surface area (Å²) in [7, 11) is 0. The number of rotatable bonds is 4. The molecule has 1 heterocycles. The molecular formula is C24H29NO2. The molecule has 2 aromatic rings. The summed E-state index contributed by atoms with van der Waals surface area (Å²) < 4.78 is 5.97. The third kappa shape index (κ3) is 4.41. The lowest BCUT2D eigenvalue weighted by molar-refractivity contribution is -0.0230. The summed E-state index contributed by atoms with van der Waals surface area (Å²) in [5.41, 5.74) is 2.12. The first-order chi connectivity index (χ1) is 13.3. The Labute approximate surface area is 162 Å². The molecule has 0 radical (unpaired) electrons. The second-order valence-corrected chi connectivity index (χ2v) is 7.88. The summed E-state index contributed by atoms with van der Waals surface area (Å²) in [5, 5.41) is 0. The van der Waals surface area contributed by atoms with Crippen molar-refractivity contribution in [3.63, 3.8) is 0 Å². The quantitative estimate of drug-likeness (QED) is 0.713. The van der Waals surface area contributed by atoms with Gasteiger partial charge in [0.2, 0.25) is 0 Å². The van der Waals surface area contributed by atoms with Gasteiger partial charge in [-0.15, -0.1) is 0 Å². The van der Waals surface area contributed by atoms with Gasteiger partial charge in [-0.3, -0.25) is 4.90 Å². The number of esters is 1. The van der Waals surface area contributed by atoms with Gasteiger partial charge in [0.15, 0.2) is 0 Å². The van der Waals surface area contributed by atoms with Crippen molar-refractivity contribution >= 4 is 5.97 Å². The van der Waals surface area contributed by atoms with Gasteiger partial charge in [0.05, 0.1) is 5.56 Å². The average Bonchev–Trinajstić information content (AvgIpc) is 2.75. The van der Waals surface area contributed by atoms with Crippen LogP contribution in [-0.4, -0.2) is 36.1 Å². The summed E-state index contributed by atoms with van der Waals surface area (Å²) in [4.78, 5) is 15.1. The van der Waals surface area contributed by atoms with E-state index in [1.807, 2.05) is 30.3 Å². The van der Waals surface area contributed by atoms with Crippen LogP contribution >= 0.6 is 0 Å². The summed E-state index contributed by atoms with van der Waals surface area (Å²) in [6.45, 7) is 2.20. The standard InChI is InChI=1S/C24H29NO2/c26-24(21-11-5-2-6-12-21)27-23-14-8-7-13-22(23)25-17-15-20(16-18-25)19-9-3-1-4-10-19/h1-6,9-12,20,22-23H,7-8,13-18H2/t22-,23-/m0/s1. The zero-order valence-electron chi connectivity index (χ0n) is 15.9. The molecular weight excluding hydrogens is 334 g/mol. The van der Waals surface area contributed by atoms with Crippen LogP contribution < -0.4 is 0 Å². The third-order valence-electron chi connectivity index (χ3n) is 6.21. The van der Waals surface area contributed by atoms with Crippen LogP contribution in [0.5, 0.6) is 0 Å². The Balaban J connectivity index is 1.37. The Hall–Kier alpha value is -2.13. The molecule has 2 aliphatic rings. The van der Waals surface area contributed by atoms with Gasteiger partial charge in [-0.1, -0.05) is 55.0 Å². The smallest absolute Gasteiger partial charge is 0.338 e. The van der Waals surface area contributed by atoms with Crippen molar-refractivity contribution in [2.75, 3.05) is 13.1 Å². The molecule has 2 fully saturated rings. The van der Waals surface area contributed by atoms with Gasteiger partial charge in [-0.25, -0.2) is 4.79 Å². The predicted molar refractivity (Wildman–Crippen MR) is 108 cm³/mol. The van der Waals surface area contributed by atoms with E-state index in [2.05, 4.69) is 35.2 Å². The fourth-order valence-corrected chi connectivity index (χ4v) is 4.70. The van der Waals surface area contributed by atoms with E-state index in [-0.39, 0.29) is 12.1 Å². The normalized spacial score (nSPS) is 24.4. The van der Waals surface area contributed by atoms with Gasteiger partial charge in [0.1, 0.15) is 6.10 Å². The molecule has 0 spiro atoms. The number of piperidine rings is 1. The first kappa shape index (κ1) is 18.2. The highest BCUT2D eigenvalue weighted by Crippen LogP contribution is 2.33. The van der Waals surface area contributed by atoms with Crippen LogP contribution in [0.25, 0.3) is 0 Å². The van der Waals surface area contributed by atoms with Crippen molar-refractivity contribution in [2.45, 2.75) is 56.6 Å². The molecule has 2 aromatic carbocycles. The lowest BCUT2D eigenvalue weighted by atomic mass is 9.85. The fraction of sp³-hybridized carbons (Fsp3) is 0.458. The van der Waals surface area contributed by atoms with Crippen molar-refractivity contribution in [3.05, 3.63) is 71.8 Å². The van der Waals surface area contributed by atoms with Crippen LogP contribution in [0.1, 0.15) is 60.4 Å². The number of carbonyl (C=O) groups excluding carboxylic acids is 1.